The molecular weight excluding hydrogens is 438 g/mol. The van der Waals surface area contributed by atoms with Gasteiger partial charge in [0.05, 0.1) is 12.0 Å². The fraction of sp³-hybridized carbons (Fsp3) is 0.100. The van der Waals surface area contributed by atoms with Crippen molar-refractivity contribution in [2.75, 3.05) is 17.1 Å². The number of carbonyl (C=O) groups is 1. The molecule has 0 atom stereocenters. The lowest BCUT2D eigenvalue weighted by atomic mass is 10.1. The Kier molecular flexibility index (Phi) is 6.78. The van der Waals surface area contributed by atoms with E-state index in [1.807, 2.05) is 19.1 Å². The standard InChI is InChI=1S/C20H19N5O4S2/c1-13-5-3-4-6-16(13)18(26)24-20(30)23-14-7-9-15(10-8-14)31(27,28)25-17-19(29-2)22-12-11-21-17/h3-12H,1-2H3,(H,21,25)(H2,23,24,26,30). The Bertz CT molecular complexity index is 1210. The summed E-state index contributed by atoms with van der Waals surface area (Å²) in [6.07, 6.45) is 2.73. The molecule has 0 aliphatic heterocycles. The number of nitrogens with zero attached hydrogens (tertiary/aromatic N) is 2. The molecule has 3 N–H and O–H groups in total. The fourth-order valence-electron chi connectivity index (χ4n) is 2.61. The molecule has 3 aromatic rings. The third kappa shape index (κ3) is 5.53. The number of nitrogens with one attached hydrogen (secondary N) is 3. The maximum absolute atomic E-state index is 12.6. The first kappa shape index (κ1) is 22.1. The van der Waals surface area contributed by atoms with Crippen molar-refractivity contribution in [3.05, 3.63) is 72.1 Å². The van der Waals surface area contributed by atoms with Gasteiger partial charge in [0.2, 0.25) is 5.82 Å². The van der Waals surface area contributed by atoms with E-state index in [1.165, 1.54) is 43.8 Å². The van der Waals surface area contributed by atoms with Crippen LogP contribution in [0.5, 0.6) is 5.88 Å². The highest BCUT2D eigenvalue weighted by Gasteiger charge is 2.18. The van der Waals surface area contributed by atoms with Crippen LogP contribution >= 0.6 is 12.2 Å². The molecule has 0 aliphatic rings. The minimum atomic E-state index is -3.91. The topological polar surface area (TPSA) is 122 Å². The number of hydrogen-bond donors (Lipinski definition) is 3. The summed E-state index contributed by atoms with van der Waals surface area (Å²) < 4.78 is 32.5. The van der Waals surface area contributed by atoms with Crippen molar-refractivity contribution in [2.45, 2.75) is 11.8 Å². The third-order valence-corrected chi connectivity index (χ3v) is 5.69. The molecule has 0 saturated heterocycles. The summed E-state index contributed by atoms with van der Waals surface area (Å²) in [7, 11) is -2.55. The average molecular weight is 458 g/mol. The van der Waals surface area contributed by atoms with Gasteiger partial charge in [-0.2, -0.15) is 0 Å². The largest absolute Gasteiger partial charge is 0.478 e. The van der Waals surface area contributed by atoms with Crippen LogP contribution < -0.4 is 20.1 Å². The summed E-state index contributed by atoms with van der Waals surface area (Å²) in [5.41, 5.74) is 1.84. The number of carbonyl (C=O) groups excluding carboxylic acids is 1. The molecule has 11 heteroatoms. The maximum Gasteiger partial charge on any atom is 0.263 e. The number of ether oxygens (including phenoxy) is 1. The van der Waals surface area contributed by atoms with E-state index < -0.39 is 10.0 Å². The van der Waals surface area contributed by atoms with Gasteiger partial charge in [-0.15, -0.1) is 0 Å². The average Bonchev–Trinajstić information content (AvgIpc) is 2.74. The number of methoxy groups -OCH3 is 1. The summed E-state index contributed by atoms with van der Waals surface area (Å²) in [4.78, 5) is 20.2. The van der Waals surface area contributed by atoms with Gasteiger partial charge in [-0.05, 0) is 55.0 Å². The van der Waals surface area contributed by atoms with Crippen LogP contribution in [0.25, 0.3) is 0 Å². The van der Waals surface area contributed by atoms with Crippen LogP contribution in [-0.4, -0.2) is 36.5 Å². The number of aromatic nitrogens is 2. The quantitative estimate of drug-likeness (QED) is 0.483. The zero-order valence-corrected chi connectivity index (χ0v) is 18.3. The second-order valence-electron chi connectivity index (χ2n) is 6.27. The predicted octanol–water partition coefficient (Wildman–Crippen LogP) is 2.72. The van der Waals surface area contributed by atoms with E-state index in [2.05, 4.69) is 25.3 Å². The molecule has 0 fully saturated rings. The van der Waals surface area contributed by atoms with Gasteiger partial charge in [-0.25, -0.2) is 18.4 Å². The number of hydrogen-bond acceptors (Lipinski definition) is 7. The van der Waals surface area contributed by atoms with Gasteiger partial charge in [-0.1, -0.05) is 18.2 Å². The molecule has 0 aliphatic carbocycles. The number of thiocarbonyl (C=S) groups is 1. The summed E-state index contributed by atoms with van der Waals surface area (Å²) in [6, 6.07) is 13.0. The Balaban J connectivity index is 1.66. The van der Waals surface area contributed by atoms with Gasteiger partial charge in [0, 0.05) is 23.6 Å². The van der Waals surface area contributed by atoms with Gasteiger partial charge in [0.25, 0.3) is 21.8 Å². The molecule has 1 amide bonds. The molecular formula is C20H19N5O4S2. The van der Waals surface area contributed by atoms with Crippen LogP contribution in [0.4, 0.5) is 11.5 Å². The van der Waals surface area contributed by atoms with E-state index in [0.717, 1.165) is 5.56 Å². The molecule has 3 rings (SSSR count). The first-order valence-electron chi connectivity index (χ1n) is 8.96. The molecule has 0 radical (unpaired) electrons. The van der Waals surface area contributed by atoms with E-state index >= 15 is 0 Å². The second-order valence-corrected chi connectivity index (χ2v) is 8.36. The number of aryl methyl sites for hydroxylation is 1. The molecule has 1 aromatic heterocycles. The normalized spacial score (nSPS) is 10.8. The van der Waals surface area contributed by atoms with Gasteiger partial charge in [-0.3, -0.25) is 14.8 Å². The van der Waals surface area contributed by atoms with E-state index in [-0.39, 0.29) is 27.6 Å². The molecule has 0 spiro atoms. The highest BCUT2D eigenvalue weighted by molar-refractivity contribution is 7.92. The Morgan fingerprint density at radius 3 is 2.39 bits per heavy atom. The molecule has 0 saturated carbocycles. The number of sulfonamides is 1. The first-order chi connectivity index (χ1) is 14.8. The Labute approximate surface area is 184 Å². The highest BCUT2D eigenvalue weighted by atomic mass is 32.2. The Morgan fingerprint density at radius 2 is 1.71 bits per heavy atom. The predicted molar refractivity (Wildman–Crippen MR) is 121 cm³/mol. The lowest BCUT2D eigenvalue weighted by Gasteiger charge is -2.12. The Morgan fingerprint density at radius 1 is 1.03 bits per heavy atom. The van der Waals surface area contributed by atoms with Crippen LogP contribution in [0.15, 0.2) is 65.8 Å². The maximum atomic E-state index is 12.6. The molecule has 1 heterocycles. The van der Waals surface area contributed by atoms with Gasteiger partial charge >= 0.3 is 0 Å². The van der Waals surface area contributed by atoms with Crippen LogP contribution in [-0.2, 0) is 10.0 Å². The van der Waals surface area contributed by atoms with E-state index in [1.54, 1.807) is 12.1 Å². The summed E-state index contributed by atoms with van der Waals surface area (Å²) in [5.74, 6) is -0.302. The van der Waals surface area contributed by atoms with Crippen molar-refractivity contribution in [3.8, 4) is 5.88 Å². The number of amides is 1. The van der Waals surface area contributed by atoms with E-state index in [9.17, 15) is 13.2 Å². The van der Waals surface area contributed by atoms with Gasteiger partial charge in [0.1, 0.15) is 0 Å². The Hall–Kier alpha value is -3.57. The first-order valence-corrected chi connectivity index (χ1v) is 10.8. The van der Waals surface area contributed by atoms with Crippen molar-refractivity contribution < 1.29 is 17.9 Å². The zero-order chi connectivity index (χ0) is 22.4. The molecule has 31 heavy (non-hydrogen) atoms. The molecule has 2 aromatic carbocycles. The SMILES string of the molecule is COc1nccnc1NS(=O)(=O)c1ccc(NC(=S)NC(=O)c2ccccc2C)cc1. The number of benzene rings is 2. The highest BCUT2D eigenvalue weighted by Crippen LogP contribution is 2.22. The van der Waals surface area contributed by atoms with Crippen molar-refractivity contribution in [2.24, 2.45) is 0 Å². The zero-order valence-electron chi connectivity index (χ0n) is 16.6. The lowest BCUT2D eigenvalue weighted by molar-refractivity contribution is 0.0977. The number of rotatable bonds is 6. The minimum Gasteiger partial charge on any atom is -0.478 e. The van der Waals surface area contributed by atoms with Crippen molar-refractivity contribution in [1.29, 1.82) is 0 Å². The fourth-order valence-corrected chi connectivity index (χ4v) is 3.83. The van der Waals surface area contributed by atoms with E-state index in [0.29, 0.717) is 11.3 Å². The van der Waals surface area contributed by atoms with Crippen LogP contribution in [0.3, 0.4) is 0 Å². The van der Waals surface area contributed by atoms with Crippen LogP contribution in [0.2, 0.25) is 0 Å². The van der Waals surface area contributed by atoms with Gasteiger partial charge < -0.3 is 10.1 Å². The minimum absolute atomic E-state index is 0.000574. The smallest absolute Gasteiger partial charge is 0.263 e. The second kappa shape index (κ2) is 9.49. The van der Waals surface area contributed by atoms with Crippen LogP contribution in [0, 0.1) is 6.92 Å². The lowest BCUT2D eigenvalue weighted by Crippen LogP contribution is -2.34. The molecule has 160 valence electrons. The molecule has 0 bridgehead atoms. The number of anilines is 2. The third-order valence-electron chi connectivity index (χ3n) is 4.13. The van der Waals surface area contributed by atoms with Crippen LogP contribution in [0.1, 0.15) is 15.9 Å². The van der Waals surface area contributed by atoms with Crippen molar-refractivity contribution in [3.63, 3.8) is 0 Å². The monoisotopic (exact) mass is 457 g/mol. The summed E-state index contributed by atoms with van der Waals surface area (Å²) >= 11 is 5.17. The molecule has 9 nitrogen and oxygen atoms in total. The van der Waals surface area contributed by atoms with Crippen molar-refractivity contribution in [1.82, 2.24) is 15.3 Å². The summed E-state index contributed by atoms with van der Waals surface area (Å²) in [5, 5.41) is 5.54. The summed E-state index contributed by atoms with van der Waals surface area (Å²) in [6.45, 7) is 1.83. The van der Waals surface area contributed by atoms with Crippen molar-refractivity contribution >= 4 is 44.8 Å². The van der Waals surface area contributed by atoms with E-state index in [4.69, 9.17) is 17.0 Å². The molecule has 0 unspecified atom stereocenters. The van der Waals surface area contributed by atoms with Gasteiger partial charge in [0.15, 0.2) is 5.11 Å².